The van der Waals surface area contributed by atoms with Gasteiger partial charge < -0.3 is 15.1 Å². The zero-order valence-corrected chi connectivity index (χ0v) is 16.6. The minimum absolute atomic E-state index is 0. The van der Waals surface area contributed by atoms with Crippen LogP contribution in [-0.4, -0.2) is 62.6 Å². The summed E-state index contributed by atoms with van der Waals surface area (Å²) in [5, 5.41) is 3.66. The lowest BCUT2D eigenvalue weighted by Gasteiger charge is -2.31. The maximum Gasteiger partial charge on any atom is 0.193 e. The highest BCUT2D eigenvalue weighted by Crippen LogP contribution is 2.35. The third kappa shape index (κ3) is 4.49. The van der Waals surface area contributed by atoms with Crippen LogP contribution in [0.5, 0.6) is 0 Å². The number of guanidine groups is 1. The summed E-state index contributed by atoms with van der Waals surface area (Å²) in [5.41, 5.74) is 0. The topological polar surface area (TPSA) is 30.9 Å². The van der Waals surface area contributed by atoms with Gasteiger partial charge in [-0.25, -0.2) is 0 Å². The summed E-state index contributed by atoms with van der Waals surface area (Å²) >= 11 is 0. The van der Waals surface area contributed by atoms with Crippen molar-refractivity contribution >= 4 is 29.9 Å². The summed E-state index contributed by atoms with van der Waals surface area (Å²) in [7, 11) is 4.18. The van der Waals surface area contributed by atoms with Crippen LogP contribution >= 0.6 is 24.0 Å². The third-order valence-electron chi connectivity index (χ3n) is 5.76. The second kappa shape index (κ2) is 8.71. The van der Waals surface area contributed by atoms with Crippen molar-refractivity contribution in [3.8, 4) is 0 Å². The van der Waals surface area contributed by atoms with E-state index in [4.69, 9.17) is 0 Å². The maximum atomic E-state index is 4.55. The second-order valence-corrected chi connectivity index (χ2v) is 7.41. The molecule has 3 unspecified atom stereocenters. The van der Waals surface area contributed by atoms with E-state index >= 15 is 0 Å². The van der Waals surface area contributed by atoms with Gasteiger partial charge in [-0.2, -0.15) is 0 Å². The van der Waals surface area contributed by atoms with E-state index in [0.717, 1.165) is 30.3 Å². The highest BCUT2D eigenvalue weighted by molar-refractivity contribution is 14.0. The molecular weight excluding hydrogens is 387 g/mol. The Morgan fingerprint density at radius 2 is 1.73 bits per heavy atom. The van der Waals surface area contributed by atoms with Crippen LogP contribution in [0.25, 0.3) is 0 Å². The lowest BCUT2D eigenvalue weighted by atomic mass is 9.82. The highest BCUT2D eigenvalue weighted by Gasteiger charge is 2.35. The number of piperidine rings is 1. The Hall–Kier alpha value is -0.0400. The molecular formula is C17H33IN4. The van der Waals surface area contributed by atoms with Crippen molar-refractivity contribution in [3.63, 3.8) is 0 Å². The number of aliphatic imine (C=N–C) groups is 1. The quantitative estimate of drug-likeness (QED) is 0.424. The molecule has 0 spiro atoms. The summed E-state index contributed by atoms with van der Waals surface area (Å²) in [4.78, 5) is 9.53. The number of rotatable bonds is 2. The molecule has 128 valence electrons. The van der Waals surface area contributed by atoms with Crippen LogP contribution in [0.2, 0.25) is 0 Å². The summed E-state index contributed by atoms with van der Waals surface area (Å²) < 4.78 is 0. The van der Waals surface area contributed by atoms with E-state index in [9.17, 15) is 0 Å². The van der Waals surface area contributed by atoms with Crippen molar-refractivity contribution < 1.29 is 0 Å². The van der Waals surface area contributed by atoms with Gasteiger partial charge in [0.1, 0.15) is 0 Å². The molecule has 1 saturated carbocycles. The molecule has 1 N–H and O–H groups in total. The summed E-state index contributed by atoms with van der Waals surface area (Å²) in [5.74, 6) is 3.79. The van der Waals surface area contributed by atoms with Gasteiger partial charge in [-0.15, -0.1) is 24.0 Å². The Kier molecular flexibility index (Phi) is 7.25. The molecule has 3 fully saturated rings. The summed E-state index contributed by atoms with van der Waals surface area (Å²) in [6, 6.07) is 0. The van der Waals surface area contributed by atoms with Crippen LogP contribution in [-0.2, 0) is 0 Å². The molecule has 3 atom stereocenters. The van der Waals surface area contributed by atoms with Crippen LogP contribution in [0.3, 0.4) is 0 Å². The molecule has 2 saturated heterocycles. The van der Waals surface area contributed by atoms with Crippen LogP contribution in [0.4, 0.5) is 0 Å². The first-order chi connectivity index (χ1) is 10.3. The van der Waals surface area contributed by atoms with Crippen LogP contribution in [0, 0.1) is 17.8 Å². The van der Waals surface area contributed by atoms with Gasteiger partial charge in [-0.1, -0.05) is 12.8 Å². The standard InChI is InChI=1S/C17H32N4.HI/c1-18-17(19-10-14-6-5-9-20(2)11-14)21-12-15-7-3-4-8-16(15)13-21;/h14-16H,3-13H2,1-2H3,(H,18,19);1H. The van der Waals surface area contributed by atoms with Crippen LogP contribution < -0.4 is 5.32 Å². The molecule has 0 amide bonds. The first kappa shape index (κ1) is 18.3. The van der Waals surface area contributed by atoms with Gasteiger partial charge in [0.05, 0.1) is 0 Å². The summed E-state index contributed by atoms with van der Waals surface area (Å²) in [6.07, 6.45) is 8.46. The lowest BCUT2D eigenvalue weighted by Crippen LogP contribution is -2.45. The lowest BCUT2D eigenvalue weighted by molar-refractivity contribution is 0.209. The molecule has 2 heterocycles. The molecule has 0 aromatic carbocycles. The molecule has 3 rings (SSSR count). The molecule has 0 aromatic heterocycles. The Labute approximate surface area is 153 Å². The van der Waals surface area contributed by atoms with Crippen molar-refractivity contribution in [3.05, 3.63) is 0 Å². The van der Waals surface area contributed by atoms with Gasteiger partial charge in [0.25, 0.3) is 0 Å². The van der Waals surface area contributed by atoms with E-state index in [0.29, 0.717) is 0 Å². The van der Waals surface area contributed by atoms with E-state index in [1.165, 1.54) is 64.7 Å². The summed E-state index contributed by atoms with van der Waals surface area (Å²) in [6.45, 7) is 6.04. The number of nitrogens with one attached hydrogen (secondary N) is 1. The molecule has 4 nitrogen and oxygen atoms in total. The average molecular weight is 420 g/mol. The SMILES string of the molecule is CN=C(NCC1CCCN(C)C1)N1CC2CCCCC2C1.I. The Morgan fingerprint density at radius 3 is 2.32 bits per heavy atom. The minimum atomic E-state index is 0. The molecule has 0 radical (unpaired) electrons. The van der Waals surface area contributed by atoms with Gasteiger partial charge in [0, 0.05) is 33.2 Å². The predicted molar refractivity (Wildman–Crippen MR) is 104 cm³/mol. The fourth-order valence-corrected chi connectivity index (χ4v) is 4.59. The first-order valence-corrected chi connectivity index (χ1v) is 8.90. The van der Waals surface area contributed by atoms with Gasteiger partial charge in [0.2, 0.25) is 0 Å². The Bertz CT molecular complexity index is 360. The van der Waals surface area contributed by atoms with E-state index < -0.39 is 0 Å². The molecule has 5 heteroatoms. The van der Waals surface area contributed by atoms with Gasteiger partial charge in [-0.3, -0.25) is 4.99 Å². The number of hydrogen-bond acceptors (Lipinski definition) is 2. The molecule has 0 aromatic rings. The third-order valence-corrected chi connectivity index (χ3v) is 5.76. The second-order valence-electron chi connectivity index (χ2n) is 7.41. The van der Waals surface area contributed by atoms with E-state index in [1.807, 2.05) is 7.05 Å². The van der Waals surface area contributed by atoms with Crippen molar-refractivity contribution in [2.24, 2.45) is 22.7 Å². The number of halogens is 1. The van der Waals surface area contributed by atoms with E-state index in [2.05, 4.69) is 27.2 Å². The van der Waals surface area contributed by atoms with Crippen LogP contribution in [0.1, 0.15) is 38.5 Å². The van der Waals surface area contributed by atoms with Crippen molar-refractivity contribution in [1.82, 2.24) is 15.1 Å². The van der Waals surface area contributed by atoms with Crippen LogP contribution in [0.15, 0.2) is 4.99 Å². The predicted octanol–water partition coefficient (Wildman–Crippen LogP) is 2.64. The Morgan fingerprint density at radius 1 is 1.05 bits per heavy atom. The van der Waals surface area contributed by atoms with Crippen molar-refractivity contribution in [1.29, 1.82) is 0 Å². The zero-order valence-electron chi connectivity index (χ0n) is 14.3. The largest absolute Gasteiger partial charge is 0.356 e. The fraction of sp³-hybridized carbons (Fsp3) is 0.941. The fourth-order valence-electron chi connectivity index (χ4n) is 4.59. The highest BCUT2D eigenvalue weighted by atomic mass is 127. The minimum Gasteiger partial charge on any atom is -0.356 e. The molecule has 3 aliphatic rings. The molecule has 22 heavy (non-hydrogen) atoms. The van der Waals surface area contributed by atoms with E-state index in [-0.39, 0.29) is 24.0 Å². The van der Waals surface area contributed by atoms with Gasteiger partial charge >= 0.3 is 0 Å². The average Bonchev–Trinajstić information content (AvgIpc) is 2.91. The van der Waals surface area contributed by atoms with Gasteiger partial charge in [0.15, 0.2) is 5.96 Å². The number of fused-ring (bicyclic) bond motifs is 1. The Balaban J connectivity index is 0.00000176. The first-order valence-electron chi connectivity index (χ1n) is 8.90. The normalized spacial score (nSPS) is 33.3. The monoisotopic (exact) mass is 420 g/mol. The number of likely N-dealkylation sites (tertiary alicyclic amines) is 2. The zero-order chi connectivity index (χ0) is 14.7. The maximum absolute atomic E-state index is 4.55. The molecule has 1 aliphatic carbocycles. The van der Waals surface area contributed by atoms with E-state index in [1.54, 1.807) is 0 Å². The molecule has 0 bridgehead atoms. The van der Waals surface area contributed by atoms with Crippen molar-refractivity contribution in [2.75, 3.05) is 46.8 Å². The van der Waals surface area contributed by atoms with Gasteiger partial charge in [-0.05, 0) is 57.0 Å². The molecule has 2 aliphatic heterocycles. The smallest absolute Gasteiger partial charge is 0.193 e. The number of hydrogen-bond donors (Lipinski definition) is 1. The van der Waals surface area contributed by atoms with Crippen molar-refractivity contribution in [2.45, 2.75) is 38.5 Å². The number of nitrogens with zero attached hydrogens (tertiary/aromatic N) is 3.